The van der Waals surface area contributed by atoms with Crippen LogP contribution in [0.3, 0.4) is 0 Å². The number of nitrogens with zero attached hydrogens (tertiary/aromatic N) is 1. The van der Waals surface area contributed by atoms with Crippen molar-refractivity contribution in [1.29, 1.82) is 0 Å². The molecule has 136 valence electrons. The standard InChI is InChI=1S/C21H23NO4/c1-15(17-8-10-19(25-2)11-9-17)22-13-18(12-20(22)23)21(24)26-14-16-6-4-3-5-7-16/h3-11,15,18H,12-14H2,1-2H3/t15-,18?/m0/s1. The van der Waals surface area contributed by atoms with Gasteiger partial charge in [0.2, 0.25) is 5.91 Å². The molecule has 0 radical (unpaired) electrons. The molecule has 0 spiro atoms. The molecular formula is C21H23NO4. The fraction of sp³-hybridized carbons (Fsp3) is 0.333. The number of esters is 1. The van der Waals surface area contributed by atoms with Crippen LogP contribution in [-0.2, 0) is 20.9 Å². The molecule has 1 saturated heterocycles. The largest absolute Gasteiger partial charge is 0.497 e. The third kappa shape index (κ3) is 4.04. The van der Waals surface area contributed by atoms with Crippen LogP contribution in [0.4, 0.5) is 0 Å². The van der Waals surface area contributed by atoms with Gasteiger partial charge < -0.3 is 14.4 Å². The second kappa shape index (κ2) is 8.04. The van der Waals surface area contributed by atoms with Gasteiger partial charge >= 0.3 is 5.97 Å². The van der Waals surface area contributed by atoms with Crippen LogP contribution in [0.25, 0.3) is 0 Å². The van der Waals surface area contributed by atoms with Gasteiger partial charge in [0.05, 0.1) is 19.1 Å². The first-order valence-electron chi connectivity index (χ1n) is 8.72. The number of carbonyl (C=O) groups is 2. The summed E-state index contributed by atoms with van der Waals surface area (Å²) in [5.41, 5.74) is 1.95. The molecule has 0 N–H and O–H groups in total. The second-order valence-corrected chi connectivity index (χ2v) is 6.49. The lowest BCUT2D eigenvalue weighted by Crippen LogP contribution is -2.29. The van der Waals surface area contributed by atoms with Gasteiger partial charge in [-0.3, -0.25) is 9.59 Å². The van der Waals surface area contributed by atoms with Gasteiger partial charge in [-0.05, 0) is 30.2 Å². The Balaban J connectivity index is 1.59. The van der Waals surface area contributed by atoms with Crippen LogP contribution >= 0.6 is 0 Å². The van der Waals surface area contributed by atoms with Crippen molar-refractivity contribution in [1.82, 2.24) is 4.90 Å². The molecule has 5 nitrogen and oxygen atoms in total. The van der Waals surface area contributed by atoms with E-state index in [-0.39, 0.29) is 30.9 Å². The van der Waals surface area contributed by atoms with Gasteiger partial charge in [0, 0.05) is 13.0 Å². The van der Waals surface area contributed by atoms with E-state index in [9.17, 15) is 9.59 Å². The van der Waals surface area contributed by atoms with E-state index >= 15 is 0 Å². The van der Waals surface area contributed by atoms with E-state index in [2.05, 4.69) is 0 Å². The van der Waals surface area contributed by atoms with Crippen LogP contribution in [0.5, 0.6) is 5.75 Å². The average Bonchev–Trinajstić information content (AvgIpc) is 3.08. The Morgan fingerprint density at radius 1 is 1.15 bits per heavy atom. The number of hydrogen-bond acceptors (Lipinski definition) is 4. The summed E-state index contributed by atoms with van der Waals surface area (Å²) >= 11 is 0. The molecule has 1 unspecified atom stereocenters. The number of methoxy groups -OCH3 is 1. The number of likely N-dealkylation sites (tertiary alicyclic amines) is 1. The third-order valence-corrected chi connectivity index (χ3v) is 4.78. The van der Waals surface area contributed by atoms with Crippen molar-refractivity contribution in [2.45, 2.75) is 26.0 Å². The van der Waals surface area contributed by atoms with E-state index in [1.165, 1.54) is 0 Å². The molecule has 1 heterocycles. The quantitative estimate of drug-likeness (QED) is 0.748. The van der Waals surface area contributed by atoms with Gasteiger partial charge in [0.1, 0.15) is 12.4 Å². The van der Waals surface area contributed by atoms with E-state index in [1.807, 2.05) is 61.5 Å². The number of hydrogen-bond donors (Lipinski definition) is 0. The highest BCUT2D eigenvalue weighted by molar-refractivity contribution is 5.87. The van der Waals surface area contributed by atoms with Crippen molar-refractivity contribution in [2.75, 3.05) is 13.7 Å². The molecule has 2 aromatic carbocycles. The monoisotopic (exact) mass is 353 g/mol. The Kier molecular flexibility index (Phi) is 5.56. The van der Waals surface area contributed by atoms with Crippen molar-refractivity contribution in [2.24, 2.45) is 5.92 Å². The summed E-state index contributed by atoms with van der Waals surface area (Å²) in [7, 11) is 1.62. The van der Waals surface area contributed by atoms with Gasteiger partial charge in [-0.1, -0.05) is 42.5 Å². The molecule has 0 aromatic heterocycles. The van der Waals surface area contributed by atoms with Crippen LogP contribution in [-0.4, -0.2) is 30.4 Å². The first kappa shape index (κ1) is 18.0. The summed E-state index contributed by atoms with van der Waals surface area (Å²) in [5.74, 6) is 0.0320. The zero-order chi connectivity index (χ0) is 18.5. The first-order valence-corrected chi connectivity index (χ1v) is 8.72. The highest BCUT2D eigenvalue weighted by Gasteiger charge is 2.37. The second-order valence-electron chi connectivity index (χ2n) is 6.49. The van der Waals surface area contributed by atoms with Crippen LogP contribution < -0.4 is 4.74 Å². The smallest absolute Gasteiger partial charge is 0.311 e. The third-order valence-electron chi connectivity index (χ3n) is 4.78. The first-order chi connectivity index (χ1) is 12.6. The Labute approximate surface area is 153 Å². The van der Waals surface area contributed by atoms with Crippen molar-refractivity contribution in [3.63, 3.8) is 0 Å². The van der Waals surface area contributed by atoms with Gasteiger partial charge in [-0.15, -0.1) is 0 Å². The number of carbonyl (C=O) groups excluding carboxylic acids is 2. The fourth-order valence-corrected chi connectivity index (χ4v) is 3.17. The van der Waals surface area contributed by atoms with Gasteiger partial charge in [0.15, 0.2) is 0 Å². The molecule has 1 amide bonds. The maximum Gasteiger partial charge on any atom is 0.311 e. The zero-order valence-corrected chi connectivity index (χ0v) is 15.1. The molecule has 26 heavy (non-hydrogen) atoms. The van der Waals surface area contributed by atoms with Crippen LogP contribution in [0.1, 0.15) is 30.5 Å². The van der Waals surface area contributed by atoms with Crippen LogP contribution in [0.15, 0.2) is 54.6 Å². The van der Waals surface area contributed by atoms with E-state index < -0.39 is 5.92 Å². The Bertz CT molecular complexity index is 757. The minimum absolute atomic E-state index is 0.0185. The van der Waals surface area contributed by atoms with Crippen LogP contribution in [0.2, 0.25) is 0 Å². The Hall–Kier alpha value is -2.82. The van der Waals surface area contributed by atoms with E-state index in [4.69, 9.17) is 9.47 Å². The molecule has 1 aliphatic rings. The molecule has 1 fully saturated rings. The summed E-state index contributed by atoms with van der Waals surface area (Å²) in [5, 5.41) is 0. The van der Waals surface area contributed by atoms with E-state index in [0.717, 1.165) is 16.9 Å². The molecule has 2 aromatic rings. The molecule has 0 aliphatic carbocycles. The molecule has 0 bridgehead atoms. The highest BCUT2D eigenvalue weighted by Crippen LogP contribution is 2.30. The topological polar surface area (TPSA) is 55.8 Å². The summed E-state index contributed by atoms with van der Waals surface area (Å²) in [6.45, 7) is 2.59. The zero-order valence-electron chi connectivity index (χ0n) is 15.1. The Morgan fingerprint density at radius 3 is 2.50 bits per heavy atom. The highest BCUT2D eigenvalue weighted by atomic mass is 16.5. The maximum atomic E-state index is 12.4. The van der Waals surface area contributed by atoms with Gasteiger partial charge in [-0.25, -0.2) is 0 Å². The summed E-state index contributed by atoms with van der Waals surface area (Å²) < 4.78 is 10.6. The summed E-state index contributed by atoms with van der Waals surface area (Å²) in [6, 6.07) is 17.1. The molecule has 3 rings (SSSR count). The maximum absolute atomic E-state index is 12.4. The fourth-order valence-electron chi connectivity index (χ4n) is 3.17. The number of rotatable bonds is 6. The average molecular weight is 353 g/mol. The lowest BCUT2D eigenvalue weighted by Gasteiger charge is -2.25. The van der Waals surface area contributed by atoms with Crippen molar-refractivity contribution >= 4 is 11.9 Å². The van der Waals surface area contributed by atoms with Gasteiger partial charge in [0.25, 0.3) is 0 Å². The van der Waals surface area contributed by atoms with E-state index in [0.29, 0.717) is 6.54 Å². The van der Waals surface area contributed by atoms with E-state index in [1.54, 1.807) is 12.0 Å². The SMILES string of the molecule is COc1ccc([C@H](C)N2CC(C(=O)OCc3ccccc3)CC2=O)cc1. The molecule has 1 aliphatic heterocycles. The van der Waals surface area contributed by atoms with Crippen molar-refractivity contribution < 1.29 is 19.1 Å². The molecule has 0 saturated carbocycles. The van der Waals surface area contributed by atoms with Gasteiger partial charge in [-0.2, -0.15) is 0 Å². The summed E-state index contributed by atoms with van der Waals surface area (Å²) in [4.78, 5) is 26.5. The summed E-state index contributed by atoms with van der Waals surface area (Å²) in [6.07, 6.45) is 0.202. The normalized spacial score (nSPS) is 17.8. The number of ether oxygens (including phenoxy) is 2. The molecule has 5 heteroatoms. The van der Waals surface area contributed by atoms with Crippen molar-refractivity contribution in [3.05, 3.63) is 65.7 Å². The van der Waals surface area contributed by atoms with Crippen molar-refractivity contribution in [3.8, 4) is 5.75 Å². The molecular weight excluding hydrogens is 330 g/mol. The minimum atomic E-state index is -0.410. The van der Waals surface area contributed by atoms with Crippen LogP contribution in [0, 0.1) is 5.92 Å². The lowest BCUT2D eigenvalue weighted by molar-refractivity contribution is -0.149. The molecule has 2 atom stereocenters. The number of amides is 1. The number of benzene rings is 2. The minimum Gasteiger partial charge on any atom is -0.497 e. The lowest BCUT2D eigenvalue weighted by atomic mass is 10.1. The predicted molar refractivity (Wildman–Crippen MR) is 97.5 cm³/mol. The Morgan fingerprint density at radius 2 is 1.85 bits per heavy atom. The predicted octanol–water partition coefficient (Wildman–Crippen LogP) is 3.35.